The van der Waals surface area contributed by atoms with Gasteiger partial charge in [-0.2, -0.15) is 0 Å². The van der Waals surface area contributed by atoms with Crippen LogP contribution in [-0.2, 0) is 21.4 Å². The predicted molar refractivity (Wildman–Crippen MR) is 171 cm³/mol. The molecule has 3 aromatic carbocycles. The lowest BCUT2D eigenvalue weighted by Crippen LogP contribution is -2.46. The third-order valence-electron chi connectivity index (χ3n) is 7.43. The van der Waals surface area contributed by atoms with Crippen LogP contribution in [-0.4, -0.2) is 66.1 Å². The molecule has 13 heteroatoms. The molecule has 2 N–H and O–H groups in total. The number of nitrogens with zero attached hydrogens (tertiary/aromatic N) is 4. The molecule has 0 unspecified atom stereocenters. The molecule has 2 heterocycles. The first-order valence-electron chi connectivity index (χ1n) is 14.3. The van der Waals surface area contributed by atoms with E-state index in [2.05, 4.69) is 20.0 Å². The van der Waals surface area contributed by atoms with Gasteiger partial charge < -0.3 is 9.64 Å². The summed E-state index contributed by atoms with van der Waals surface area (Å²) in [5, 5.41) is 3.23. The second-order valence-corrected chi connectivity index (χ2v) is 12.7. The van der Waals surface area contributed by atoms with E-state index < -0.39 is 28.2 Å². The van der Waals surface area contributed by atoms with E-state index in [0.29, 0.717) is 5.69 Å². The van der Waals surface area contributed by atoms with Crippen LogP contribution in [0.25, 0.3) is 11.3 Å². The van der Waals surface area contributed by atoms with E-state index >= 15 is 0 Å². The SMILES string of the molecule is Cc1cccc(C)c1-c1cc(Cl)nc(NS(=O)(=O)c2cccc(C(=O)N3CCN(C(=O)OCc4ccccc4)CN[C@H]3C)c2)n1. The number of anilines is 1. The molecule has 1 saturated heterocycles. The lowest BCUT2D eigenvalue weighted by molar-refractivity contribution is 0.0680. The number of hydrogen-bond acceptors (Lipinski definition) is 8. The van der Waals surface area contributed by atoms with Crippen molar-refractivity contribution in [3.05, 3.63) is 106 Å². The summed E-state index contributed by atoms with van der Waals surface area (Å²) in [4.78, 5) is 37.7. The summed E-state index contributed by atoms with van der Waals surface area (Å²) in [5.41, 5.74) is 4.25. The Morgan fingerprint density at radius 1 is 0.978 bits per heavy atom. The molecule has 11 nitrogen and oxygen atoms in total. The van der Waals surface area contributed by atoms with Gasteiger partial charge in [-0.15, -0.1) is 0 Å². The van der Waals surface area contributed by atoms with E-state index in [4.69, 9.17) is 16.3 Å². The maximum Gasteiger partial charge on any atom is 0.411 e. The zero-order valence-electron chi connectivity index (χ0n) is 25.0. The number of hydrogen-bond donors (Lipinski definition) is 2. The van der Waals surface area contributed by atoms with Crippen LogP contribution in [0.5, 0.6) is 0 Å². The van der Waals surface area contributed by atoms with E-state index in [0.717, 1.165) is 22.3 Å². The zero-order chi connectivity index (χ0) is 32.1. The van der Waals surface area contributed by atoms with Crippen LogP contribution in [0.4, 0.5) is 10.7 Å². The lowest BCUT2D eigenvalue weighted by Gasteiger charge is -2.27. The maximum atomic E-state index is 13.6. The van der Waals surface area contributed by atoms with Crippen LogP contribution in [0.1, 0.15) is 34.0 Å². The molecule has 0 spiro atoms. The first kappa shape index (κ1) is 31.9. The van der Waals surface area contributed by atoms with Crippen LogP contribution < -0.4 is 10.0 Å². The van der Waals surface area contributed by atoms with Gasteiger partial charge >= 0.3 is 6.09 Å². The number of rotatable bonds is 7. The molecule has 1 aliphatic rings. The van der Waals surface area contributed by atoms with Crippen molar-refractivity contribution in [2.75, 3.05) is 24.5 Å². The third kappa shape index (κ3) is 7.59. The Hall–Kier alpha value is -4.52. The molecule has 4 aromatic rings. The van der Waals surface area contributed by atoms with Crippen molar-refractivity contribution < 1.29 is 22.7 Å². The Morgan fingerprint density at radius 3 is 2.42 bits per heavy atom. The summed E-state index contributed by atoms with van der Waals surface area (Å²) in [5.74, 6) is -0.593. The van der Waals surface area contributed by atoms with Crippen molar-refractivity contribution in [3.63, 3.8) is 0 Å². The number of aryl methyl sites for hydroxylation is 2. The van der Waals surface area contributed by atoms with Crippen LogP contribution in [0.2, 0.25) is 5.15 Å². The fraction of sp³-hybridized carbons (Fsp3) is 0.250. The van der Waals surface area contributed by atoms with E-state index in [9.17, 15) is 18.0 Å². The predicted octanol–water partition coefficient (Wildman–Crippen LogP) is 5.20. The Kier molecular flexibility index (Phi) is 9.66. The zero-order valence-corrected chi connectivity index (χ0v) is 26.6. The monoisotopic (exact) mass is 648 g/mol. The van der Waals surface area contributed by atoms with Gasteiger partial charge in [0.25, 0.3) is 15.9 Å². The van der Waals surface area contributed by atoms with Gasteiger partial charge in [-0.05, 0) is 55.7 Å². The normalized spacial score (nSPS) is 15.3. The number of sulfonamides is 1. The van der Waals surface area contributed by atoms with E-state index in [1.807, 2.05) is 62.4 Å². The van der Waals surface area contributed by atoms with Gasteiger partial charge in [0.1, 0.15) is 11.8 Å². The average Bonchev–Trinajstić information content (AvgIpc) is 3.21. The third-order valence-corrected chi connectivity index (χ3v) is 8.95. The first-order valence-corrected chi connectivity index (χ1v) is 16.1. The van der Waals surface area contributed by atoms with Crippen molar-refractivity contribution in [1.82, 2.24) is 25.1 Å². The Morgan fingerprint density at radius 2 is 1.69 bits per heavy atom. The lowest BCUT2D eigenvalue weighted by atomic mass is 10.00. The van der Waals surface area contributed by atoms with Crippen molar-refractivity contribution >= 4 is 39.6 Å². The smallest absolute Gasteiger partial charge is 0.411 e. The van der Waals surface area contributed by atoms with Crippen molar-refractivity contribution in [3.8, 4) is 11.3 Å². The molecule has 0 bridgehead atoms. The van der Waals surface area contributed by atoms with Crippen LogP contribution in [0.15, 0.2) is 83.8 Å². The molecule has 2 amide bonds. The fourth-order valence-corrected chi connectivity index (χ4v) is 6.22. The fourth-order valence-electron chi connectivity index (χ4n) is 5.05. The second-order valence-electron chi connectivity index (χ2n) is 10.6. The first-order chi connectivity index (χ1) is 21.5. The highest BCUT2D eigenvalue weighted by atomic mass is 35.5. The van der Waals surface area contributed by atoms with Crippen molar-refractivity contribution in [2.24, 2.45) is 0 Å². The van der Waals surface area contributed by atoms with Crippen LogP contribution in [0, 0.1) is 13.8 Å². The summed E-state index contributed by atoms with van der Waals surface area (Å²) in [6.07, 6.45) is -0.943. The Bertz CT molecular complexity index is 1800. The number of carbonyl (C=O) groups excluding carboxylic acids is 2. The van der Waals surface area contributed by atoms with Crippen LogP contribution >= 0.6 is 11.6 Å². The molecular formula is C32H33ClN6O5S. The quantitative estimate of drug-likeness (QED) is 0.261. The number of amides is 2. The van der Waals surface area contributed by atoms with Crippen LogP contribution in [0.3, 0.4) is 0 Å². The molecule has 1 aliphatic heterocycles. The summed E-state index contributed by atoms with van der Waals surface area (Å²) in [6, 6.07) is 22.4. The highest BCUT2D eigenvalue weighted by Gasteiger charge is 2.29. The molecule has 0 radical (unpaired) electrons. The Balaban J connectivity index is 1.29. The summed E-state index contributed by atoms with van der Waals surface area (Å²) in [6.45, 7) is 6.41. The van der Waals surface area contributed by atoms with Gasteiger partial charge in [-0.25, -0.2) is 27.9 Å². The molecule has 1 fully saturated rings. The molecule has 0 saturated carbocycles. The molecule has 234 valence electrons. The van der Waals surface area contributed by atoms with Gasteiger partial charge in [0, 0.05) is 30.3 Å². The maximum absolute atomic E-state index is 13.6. The largest absolute Gasteiger partial charge is 0.445 e. The van der Waals surface area contributed by atoms with Crippen molar-refractivity contribution in [2.45, 2.75) is 38.4 Å². The van der Waals surface area contributed by atoms with Gasteiger partial charge in [-0.3, -0.25) is 15.0 Å². The van der Waals surface area contributed by atoms with Gasteiger partial charge in [0.05, 0.1) is 23.4 Å². The standard InChI is InChI=1S/C32H33ClN6O5S/c1-21-9-7-10-22(2)29(21)27-18-28(33)36-31(35-27)37-45(42,43)26-14-8-13-25(17-26)30(40)39-16-15-38(20-34-23(39)3)32(41)44-19-24-11-5-4-6-12-24/h4-14,17-18,23,34H,15-16,19-20H2,1-3H3,(H,35,36,37)/t23-/m1/s1. The summed E-state index contributed by atoms with van der Waals surface area (Å²) < 4.78 is 34.7. The highest BCUT2D eigenvalue weighted by molar-refractivity contribution is 7.92. The highest BCUT2D eigenvalue weighted by Crippen LogP contribution is 2.28. The topological polar surface area (TPSA) is 134 Å². The minimum Gasteiger partial charge on any atom is -0.445 e. The van der Waals surface area contributed by atoms with E-state index in [1.165, 1.54) is 23.1 Å². The number of halogens is 1. The summed E-state index contributed by atoms with van der Waals surface area (Å²) >= 11 is 6.26. The molecule has 0 aliphatic carbocycles. The number of ether oxygens (including phenoxy) is 1. The average molecular weight is 649 g/mol. The molecule has 5 rings (SSSR count). The van der Waals surface area contributed by atoms with E-state index in [-0.39, 0.29) is 47.9 Å². The molecular weight excluding hydrogens is 616 g/mol. The number of aromatic nitrogens is 2. The van der Waals surface area contributed by atoms with Gasteiger partial charge in [0.2, 0.25) is 5.95 Å². The number of benzene rings is 3. The second kappa shape index (κ2) is 13.6. The minimum absolute atomic E-state index is 0.0740. The van der Waals surface area contributed by atoms with Gasteiger partial charge in [0.15, 0.2) is 0 Å². The Labute approximate surface area is 267 Å². The van der Waals surface area contributed by atoms with Gasteiger partial charge in [-0.1, -0.05) is 66.2 Å². The number of nitrogens with one attached hydrogen (secondary N) is 2. The van der Waals surface area contributed by atoms with Crippen molar-refractivity contribution in [1.29, 1.82) is 0 Å². The molecule has 1 aromatic heterocycles. The van der Waals surface area contributed by atoms with E-state index in [1.54, 1.807) is 24.0 Å². The molecule has 1 atom stereocenters. The molecule has 45 heavy (non-hydrogen) atoms. The minimum atomic E-state index is -4.20. The summed E-state index contributed by atoms with van der Waals surface area (Å²) in [7, 11) is -4.20. The number of carbonyl (C=O) groups is 2.